The molecule has 2 atom stereocenters. The first-order valence-corrected chi connectivity index (χ1v) is 8.70. The molecule has 6 nitrogen and oxygen atoms in total. The van der Waals surface area contributed by atoms with Crippen molar-refractivity contribution in [2.75, 3.05) is 19.7 Å². The van der Waals surface area contributed by atoms with E-state index in [-0.39, 0.29) is 0 Å². The zero-order valence-corrected chi connectivity index (χ0v) is 14.1. The fraction of sp³-hybridized carbons (Fsp3) is 0.611. The van der Waals surface area contributed by atoms with Crippen molar-refractivity contribution in [3.05, 3.63) is 30.1 Å². The van der Waals surface area contributed by atoms with E-state index in [4.69, 9.17) is 4.74 Å². The van der Waals surface area contributed by atoms with Gasteiger partial charge in [-0.05, 0) is 37.0 Å². The third-order valence-electron chi connectivity index (χ3n) is 5.62. The molecule has 0 aromatic carbocycles. The monoisotopic (exact) mass is 331 g/mol. The van der Waals surface area contributed by atoms with Crippen molar-refractivity contribution < 1.29 is 14.9 Å². The Bertz CT molecular complexity index is 721. The van der Waals surface area contributed by atoms with Crippen molar-refractivity contribution in [1.29, 1.82) is 0 Å². The lowest BCUT2D eigenvalue weighted by atomic mass is 9.80. The summed E-state index contributed by atoms with van der Waals surface area (Å²) in [5.74, 6) is 0. The molecule has 2 aromatic heterocycles. The maximum atomic E-state index is 10.4. The van der Waals surface area contributed by atoms with Crippen molar-refractivity contribution in [2.45, 2.75) is 43.6 Å². The van der Waals surface area contributed by atoms with Crippen LogP contribution in [0.3, 0.4) is 0 Å². The summed E-state index contributed by atoms with van der Waals surface area (Å²) in [7, 11) is 2.03. The van der Waals surface area contributed by atoms with Gasteiger partial charge in [0.05, 0.1) is 18.3 Å². The standard InChI is InChI=1S/C18H25N3O3/c1-20-11-13(14-3-2-7-19-17(14)20)12-21-8-5-18(6-9-21)16(23)15(22)4-10-24-18/h2-3,7,11,15-16,22-23H,4-6,8-10,12H2,1H3/t15-,16-/m0/s1. The molecule has 6 heteroatoms. The Morgan fingerprint density at radius 3 is 2.92 bits per heavy atom. The van der Waals surface area contributed by atoms with Gasteiger partial charge in [0.15, 0.2) is 0 Å². The molecule has 0 radical (unpaired) electrons. The van der Waals surface area contributed by atoms with E-state index < -0.39 is 17.8 Å². The summed E-state index contributed by atoms with van der Waals surface area (Å²) in [6.45, 7) is 3.13. The highest BCUT2D eigenvalue weighted by molar-refractivity contribution is 5.80. The maximum absolute atomic E-state index is 10.4. The SMILES string of the molecule is Cn1cc(CN2CCC3(CC2)OCC[C@H](O)[C@@H]3O)c2cccnc21. The molecule has 0 bridgehead atoms. The van der Waals surface area contributed by atoms with Crippen LogP contribution in [0.4, 0.5) is 0 Å². The number of aliphatic hydroxyl groups is 2. The Morgan fingerprint density at radius 2 is 2.12 bits per heavy atom. The van der Waals surface area contributed by atoms with Crippen LogP contribution >= 0.6 is 0 Å². The second-order valence-corrected chi connectivity index (χ2v) is 7.13. The van der Waals surface area contributed by atoms with Crippen LogP contribution in [0.15, 0.2) is 24.5 Å². The topological polar surface area (TPSA) is 70.8 Å². The van der Waals surface area contributed by atoms with Gasteiger partial charge in [0.2, 0.25) is 0 Å². The zero-order valence-electron chi connectivity index (χ0n) is 14.1. The van der Waals surface area contributed by atoms with Gasteiger partial charge >= 0.3 is 0 Å². The molecule has 2 aromatic rings. The van der Waals surface area contributed by atoms with Gasteiger partial charge in [-0.3, -0.25) is 4.90 Å². The second-order valence-electron chi connectivity index (χ2n) is 7.13. The van der Waals surface area contributed by atoms with E-state index in [9.17, 15) is 10.2 Å². The summed E-state index contributed by atoms with van der Waals surface area (Å²) in [5, 5.41) is 21.5. The Kier molecular flexibility index (Phi) is 4.08. The molecule has 2 saturated heterocycles. The average Bonchev–Trinajstić information content (AvgIpc) is 2.91. The molecular weight excluding hydrogens is 306 g/mol. The number of rotatable bonds is 2. The maximum Gasteiger partial charge on any atom is 0.139 e. The molecule has 0 aliphatic carbocycles. The predicted octanol–water partition coefficient (Wildman–Crippen LogP) is 1.05. The van der Waals surface area contributed by atoms with Gasteiger partial charge in [-0.25, -0.2) is 4.98 Å². The highest BCUT2D eigenvalue weighted by Crippen LogP contribution is 2.36. The number of nitrogens with zero attached hydrogens (tertiary/aromatic N) is 3. The number of hydrogen-bond acceptors (Lipinski definition) is 5. The minimum atomic E-state index is -0.768. The lowest BCUT2D eigenvalue weighted by Crippen LogP contribution is -2.59. The van der Waals surface area contributed by atoms with Gasteiger partial charge in [0.1, 0.15) is 11.8 Å². The molecule has 4 rings (SSSR count). The molecule has 2 aliphatic rings. The first-order valence-electron chi connectivity index (χ1n) is 8.70. The van der Waals surface area contributed by atoms with Gasteiger partial charge in [0.25, 0.3) is 0 Å². The first kappa shape index (κ1) is 16.0. The number of ether oxygens (including phenoxy) is 1. The number of pyridine rings is 1. The molecular formula is C18H25N3O3. The molecule has 0 amide bonds. The largest absolute Gasteiger partial charge is 0.390 e. The van der Waals surface area contributed by atoms with Gasteiger partial charge in [0, 0.05) is 44.5 Å². The Hall–Kier alpha value is -1.47. The van der Waals surface area contributed by atoms with E-state index in [1.165, 1.54) is 10.9 Å². The van der Waals surface area contributed by atoms with E-state index in [0.717, 1.165) is 38.1 Å². The van der Waals surface area contributed by atoms with Gasteiger partial charge in [-0.15, -0.1) is 0 Å². The van der Waals surface area contributed by atoms with E-state index in [1.807, 2.05) is 19.3 Å². The summed E-state index contributed by atoms with van der Waals surface area (Å²) >= 11 is 0. The van der Waals surface area contributed by atoms with Crippen LogP contribution in [-0.2, 0) is 18.3 Å². The van der Waals surface area contributed by atoms with Crippen LogP contribution < -0.4 is 0 Å². The van der Waals surface area contributed by atoms with E-state index in [2.05, 4.69) is 26.7 Å². The summed E-state index contributed by atoms with van der Waals surface area (Å²) in [6, 6.07) is 4.10. The number of likely N-dealkylation sites (tertiary alicyclic amines) is 1. The highest BCUT2D eigenvalue weighted by atomic mass is 16.5. The first-order chi connectivity index (χ1) is 11.6. The number of aliphatic hydroxyl groups excluding tert-OH is 2. The van der Waals surface area contributed by atoms with Crippen LogP contribution in [0.5, 0.6) is 0 Å². The number of aromatic nitrogens is 2. The lowest BCUT2D eigenvalue weighted by Gasteiger charge is -2.48. The molecule has 2 fully saturated rings. The van der Waals surface area contributed by atoms with Crippen molar-refractivity contribution in [1.82, 2.24) is 14.5 Å². The third kappa shape index (κ3) is 2.63. The summed E-state index contributed by atoms with van der Waals surface area (Å²) < 4.78 is 7.98. The molecule has 130 valence electrons. The van der Waals surface area contributed by atoms with Crippen molar-refractivity contribution in [3.63, 3.8) is 0 Å². The van der Waals surface area contributed by atoms with Crippen LogP contribution in [0.2, 0.25) is 0 Å². The number of piperidine rings is 1. The predicted molar refractivity (Wildman–Crippen MR) is 90.5 cm³/mol. The van der Waals surface area contributed by atoms with Crippen molar-refractivity contribution in [3.8, 4) is 0 Å². The van der Waals surface area contributed by atoms with Crippen LogP contribution in [0.1, 0.15) is 24.8 Å². The zero-order chi connectivity index (χ0) is 16.7. The van der Waals surface area contributed by atoms with Crippen LogP contribution in [0, 0.1) is 0 Å². The smallest absolute Gasteiger partial charge is 0.139 e. The van der Waals surface area contributed by atoms with Crippen LogP contribution in [-0.4, -0.2) is 62.2 Å². The van der Waals surface area contributed by atoms with E-state index >= 15 is 0 Å². The molecule has 4 heterocycles. The minimum absolute atomic E-state index is 0.523. The highest BCUT2D eigenvalue weighted by Gasteiger charge is 2.47. The van der Waals surface area contributed by atoms with E-state index in [1.54, 1.807) is 0 Å². The number of hydrogen-bond donors (Lipinski definition) is 2. The Balaban J connectivity index is 1.46. The number of fused-ring (bicyclic) bond motifs is 1. The molecule has 2 N–H and O–H groups in total. The second kappa shape index (κ2) is 6.11. The van der Waals surface area contributed by atoms with Crippen molar-refractivity contribution >= 4 is 11.0 Å². The summed E-state index contributed by atoms with van der Waals surface area (Å²) in [5.41, 5.74) is 1.73. The van der Waals surface area contributed by atoms with Crippen molar-refractivity contribution in [2.24, 2.45) is 7.05 Å². The Morgan fingerprint density at radius 1 is 1.33 bits per heavy atom. The van der Waals surface area contributed by atoms with E-state index in [0.29, 0.717) is 13.0 Å². The fourth-order valence-electron chi connectivity index (χ4n) is 4.17. The molecule has 24 heavy (non-hydrogen) atoms. The lowest BCUT2D eigenvalue weighted by molar-refractivity contribution is -0.214. The number of aryl methyl sites for hydroxylation is 1. The molecule has 1 spiro atoms. The van der Waals surface area contributed by atoms with Crippen LogP contribution in [0.25, 0.3) is 11.0 Å². The normalized spacial score (nSPS) is 27.8. The van der Waals surface area contributed by atoms with Gasteiger partial charge in [-0.1, -0.05) is 0 Å². The van der Waals surface area contributed by atoms with Gasteiger partial charge < -0.3 is 19.5 Å². The molecule has 2 aliphatic heterocycles. The minimum Gasteiger partial charge on any atom is -0.390 e. The fourth-order valence-corrected chi connectivity index (χ4v) is 4.17. The van der Waals surface area contributed by atoms with Gasteiger partial charge in [-0.2, -0.15) is 0 Å². The quantitative estimate of drug-likeness (QED) is 0.861. The third-order valence-corrected chi connectivity index (χ3v) is 5.62. The Labute approximate surface area is 141 Å². The average molecular weight is 331 g/mol. The molecule has 0 saturated carbocycles. The summed E-state index contributed by atoms with van der Waals surface area (Å²) in [6.07, 6.45) is 4.59. The summed E-state index contributed by atoms with van der Waals surface area (Å²) in [4.78, 5) is 6.84. The molecule has 0 unspecified atom stereocenters.